The maximum Gasteiger partial charge on any atom is 0.410 e. The minimum absolute atomic E-state index is 0.0553. The fraction of sp³-hybridized carbons (Fsp3) is 0.553. The van der Waals surface area contributed by atoms with Gasteiger partial charge in [0.25, 0.3) is 0 Å². The summed E-state index contributed by atoms with van der Waals surface area (Å²) in [4.78, 5) is 60.9. The van der Waals surface area contributed by atoms with Crippen molar-refractivity contribution in [2.75, 3.05) is 61.8 Å². The van der Waals surface area contributed by atoms with Crippen LogP contribution in [0.5, 0.6) is 0 Å². The Labute approximate surface area is 385 Å². The Morgan fingerprint density at radius 2 is 1.67 bits per heavy atom. The van der Waals surface area contributed by atoms with E-state index in [-0.39, 0.29) is 65.1 Å². The maximum atomic E-state index is 15.2. The molecule has 18 nitrogen and oxygen atoms in total. The minimum Gasteiger partial charge on any atom is -0.446 e. The van der Waals surface area contributed by atoms with Crippen molar-refractivity contribution in [2.24, 2.45) is 17.3 Å². The molecule has 0 bridgehead atoms. The third-order valence-electron chi connectivity index (χ3n) is 14.5. The highest BCUT2D eigenvalue weighted by atomic mass is 19.1. The zero-order valence-corrected chi connectivity index (χ0v) is 37.9. The second kappa shape index (κ2) is 16.5. The van der Waals surface area contributed by atoms with Gasteiger partial charge in [0, 0.05) is 76.2 Å². The number of imide groups is 1. The second-order valence-corrected chi connectivity index (χ2v) is 20.7. The fourth-order valence-electron chi connectivity index (χ4n) is 11.0. The first-order valence-electron chi connectivity index (χ1n) is 23.5. The zero-order valence-electron chi connectivity index (χ0n) is 37.9. The number of nitrogen functional groups attached to an aromatic ring is 1. The van der Waals surface area contributed by atoms with Crippen LogP contribution in [-0.4, -0.2) is 121 Å². The van der Waals surface area contributed by atoms with Gasteiger partial charge in [-0.1, -0.05) is 5.16 Å². The Balaban J connectivity index is 0.621. The molecule has 6 aliphatic rings. The molecule has 67 heavy (non-hydrogen) atoms. The molecule has 3 amide bonds. The Morgan fingerprint density at radius 3 is 2.34 bits per heavy atom. The molecule has 5 aromatic rings. The molecule has 1 atom stereocenters. The second-order valence-electron chi connectivity index (χ2n) is 20.7. The van der Waals surface area contributed by atoms with Crippen molar-refractivity contribution in [2.45, 2.75) is 102 Å². The number of hydrogen-bond donors (Lipinski definition) is 3. The molecule has 1 spiro atoms. The van der Waals surface area contributed by atoms with E-state index in [9.17, 15) is 14.4 Å². The summed E-state index contributed by atoms with van der Waals surface area (Å²) in [6, 6.07) is 1.70. The Hall–Kier alpha value is -6.31. The Kier molecular flexibility index (Phi) is 10.6. The molecule has 0 radical (unpaired) electrons. The van der Waals surface area contributed by atoms with E-state index < -0.39 is 23.6 Å². The van der Waals surface area contributed by atoms with Crippen molar-refractivity contribution in [3.05, 3.63) is 53.8 Å². The van der Waals surface area contributed by atoms with Crippen LogP contribution in [0, 0.1) is 28.9 Å². The van der Waals surface area contributed by atoms with Crippen LogP contribution in [0.1, 0.15) is 89.4 Å². The molecule has 1 unspecified atom stereocenters. The molecule has 3 saturated carbocycles. The van der Waals surface area contributed by atoms with Crippen LogP contribution in [0.25, 0.3) is 33.8 Å². The summed E-state index contributed by atoms with van der Waals surface area (Å²) >= 11 is 0. The number of fused-ring (bicyclic) bond motifs is 1. The van der Waals surface area contributed by atoms with Gasteiger partial charge in [0.05, 0.1) is 16.5 Å². The third kappa shape index (κ3) is 8.30. The molecule has 4 N–H and O–H groups in total. The van der Waals surface area contributed by atoms with Gasteiger partial charge < -0.3 is 30.1 Å². The predicted octanol–water partition coefficient (Wildman–Crippen LogP) is 5.64. The summed E-state index contributed by atoms with van der Waals surface area (Å²) in [7, 11) is 0. The van der Waals surface area contributed by atoms with E-state index in [1.807, 2.05) is 37.8 Å². The van der Waals surface area contributed by atoms with Gasteiger partial charge in [-0.15, -0.1) is 0 Å². The van der Waals surface area contributed by atoms with Crippen molar-refractivity contribution in [1.82, 2.24) is 50.0 Å². The summed E-state index contributed by atoms with van der Waals surface area (Å²) in [5.41, 5.74) is 9.73. The number of rotatable bonds is 11. The summed E-state index contributed by atoms with van der Waals surface area (Å²) in [5.74, 6) is 0.407. The van der Waals surface area contributed by atoms with Gasteiger partial charge in [0.2, 0.25) is 11.8 Å². The number of amides is 3. The number of anilines is 3. The van der Waals surface area contributed by atoms with E-state index >= 15 is 8.78 Å². The lowest BCUT2D eigenvalue weighted by Crippen LogP contribution is -2.57. The van der Waals surface area contributed by atoms with Crippen molar-refractivity contribution in [1.29, 1.82) is 0 Å². The average molecular weight is 920 g/mol. The van der Waals surface area contributed by atoms with Gasteiger partial charge in [0.1, 0.15) is 41.4 Å². The number of likely N-dealkylation sites (tertiary alicyclic amines) is 1. The number of benzene rings is 1. The lowest BCUT2D eigenvalue weighted by molar-refractivity contribution is -0.133. The summed E-state index contributed by atoms with van der Waals surface area (Å²) < 4.78 is 44.2. The Morgan fingerprint density at radius 1 is 0.955 bits per heavy atom. The van der Waals surface area contributed by atoms with Crippen LogP contribution in [0.4, 0.5) is 30.8 Å². The third-order valence-corrected chi connectivity index (χ3v) is 14.5. The van der Waals surface area contributed by atoms with E-state index in [0.29, 0.717) is 84.8 Å². The van der Waals surface area contributed by atoms with Crippen LogP contribution in [0.15, 0.2) is 35.4 Å². The number of nitrogens with two attached hydrogens (primary N) is 1. The number of nitrogens with zero attached hydrogens (tertiary/aromatic N) is 10. The largest absolute Gasteiger partial charge is 0.446 e. The van der Waals surface area contributed by atoms with Crippen molar-refractivity contribution in [3.8, 4) is 22.8 Å². The molecular formula is C47H55F2N13O5. The predicted molar refractivity (Wildman–Crippen MR) is 241 cm³/mol. The summed E-state index contributed by atoms with van der Waals surface area (Å²) in [6.45, 7) is 10.7. The minimum atomic E-state index is -0.724. The molecule has 4 aromatic heterocycles. The first kappa shape index (κ1) is 43.3. The van der Waals surface area contributed by atoms with Crippen LogP contribution >= 0.6 is 0 Å². The van der Waals surface area contributed by atoms with E-state index in [4.69, 9.17) is 30.1 Å². The number of carbonyl (C=O) groups excluding carboxylic acids is 3. The van der Waals surface area contributed by atoms with Crippen LogP contribution in [0.3, 0.4) is 0 Å². The van der Waals surface area contributed by atoms with Gasteiger partial charge >= 0.3 is 6.09 Å². The molecule has 3 aliphatic carbocycles. The van der Waals surface area contributed by atoms with Gasteiger partial charge in [-0.2, -0.15) is 5.10 Å². The summed E-state index contributed by atoms with van der Waals surface area (Å²) in [6.07, 6.45) is 12.0. The van der Waals surface area contributed by atoms with Gasteiger partial charge in [-0.25, -0.2) is 38.2 Å². The number of piperidine rings is 1. The average Bonchev–Trinajstić information content (AvgIpc) is 3.86. The van der Waals surface area contributed by atoms with Crippen molar-refractivity contribution in [3.63, 3.8) is 0 Å². The van der Waals surface area contributed by atoms with E-state index in [1.165, 1.54) is 18.5 Å². The molecule has 7 heterocycles. The number of ether oxygens (including phenoxy) is 1. The van der Waals surface area contributed by atoms with Crippen molar-refractivity contribution < 1.29 is 32.4 Å². The topological polar surface area (TPSA) is 216 Å². The number of aromatic nitrogens is 7. The number of nitrogens with one attached hydrogen (secondary N) is 2. The fourth-order valence-corrected chi connectivity index (χ4v) is 11.0. The van der Waals surface area contributed by atoms with Crippen LogP contribution in [0.2, 0.25) is 0 Å². The highest BCUT2D eigenvalue weighted by molar-refractivity contribution is 6.02. The van der Waals surface area contributed by atoms with Gasteiger partial charge in [-0.05, 0) is 107 Å². The molecule has 1 aromatic carbocycles. The molecule has 11 rings (SSSR count). The van der Waals surface area contributed by atoms with E-state index in [1.54, 1.807) is 9.80 Å². The lowest BCUT2D eigenvalue weighted by atomic mass is 9.50. The van der Waals surface area contributed by atoms with Crippen LogP contribution in [-0.2, 0) is 26.3 Å². The standard InChI is InChI=1S/C47H55F2N13O5/c1-46(2,3)62-43-36(41(50)53-24-54-43)37(57-62)38-35(40(67-58-38)28-4-5-28)42-51-19-25(20-52-42)12-26-22-61(23-26)45(65)66-30-17-47(18-30)15-27(16-47)21-59-8-10-60(11-9-59)39-31(48)13-29(14-32(39)49)55-33-6-7-34(63)56-44(33)64/h13-14,19-20,24,26-28,30,33,55H,4-12,15-18,21-23H2,1-3H3,(H2,50,53,54)(H,56,63,64). The molecule has 6 fully saturated rings. The number of piperazine rings is 1. The first-order valence-corrected chi connectivity index (χ1v) is 23.5. The Bertz CT molecular complexity index is 2720. The van der Waals surface area contributed by atoms with Crippen molar-refractivity contribution >= 4 is 46.1 Å². The SMILES string of the molecule is CC(C)(C)n1nc(-c2noc(C3CC3)c2-c2ncc(CC3CN(C(=O)OC4CC5(CC(CN6CCN(c7c(F)cc(NC8CCC(=O)NC8=O)cc7F)CC6)C5)C4)C3)cn2)c2c(N)ncnc21. The van der Waals surface area contributed by atoms with E-state index in [0.717, 1.165) is 62.8 Å². The molecule has 3 aliphatic heterocycles. The first-order chi connectivity index (χ1) is 32.2. The molecule has 352 valence electrons. The summed E-state index contributed by atoms with van der Waals surface area (Å²) in [5, 5.41) is 15.2. The number of hydrogen-bond acceptors (Lipinski definition) is 15. The normalized spacial score (nSPS) is 24.6. The highest BCUT2D eigenvalue weighted by Crippen LogP contribution is 2.60. The number of carbonyl (C=O) groups is 3. The van der Waals surface area contributed by atoms with Gasteiger partial charge in [0.15, 0.2) is 28.9 Å². The molecular weight excluding hydrogens is 865 g/mol. The maximum absolute atomic E-state index is 15.2. The van der Waals surface area contributed by atoms with Gasteiger partial charge in [-0.3, -0.25) is 19.8 Å². The quantitative estimate of drug-likeness (QED) is 0.137. The molecule has 3 saturated heterocycles. The number of halogens is 2. The molecule has 20 heteroatoms. The lowest BCUT2D eigenvalue weighted by Gasteiger charge is -2.58. The zero-order chi connectivity index (χ0) is 46.4. The monoisotopic (exact) mass is 919 g/mol. The van der Waals surface area contributed by atoms with Crippen LogP contribution < -0.4 is 21.3 Å². The smallest absolute Gasteiger partial charge is 0.410 e. The van der Waals surface area contributed by atoms with E-state index in [2.05, 4.69) is 30.7 Å². The highest BCUT2D eigenvalue weighted by Gasteiger charge is 2.55.